The Labute approximate surface area is 150 Å². The Kier molecular flexibility index (Phi) is 5.30. The number of carbonyl (C=O) groups is 1. The highest BCUT2D eigenvalue weighted by Crippen LogP contribution is 2.28. The van der Waals surface area contributed by atoms with Crippen LogP contribution >= 0.6 is 22.9 Å². The Morgan fingerprint density at radius 2 is 2.21 bits per heavy atom. The average molecular weight is 368 g/mol. The second-order valence-electron chi connectivity index (χ2n) is 6.21. The summed E-state index contributed by atoms with van der Waals surface area (Å²) in [6.45, 7) is 2.30. The van der Waals surface area contributed by atoms with Gasteiger partial charge in [0.25, 0.3) is 0 Å². The van der Waals surface area contributed by atoms with Crippen molar-refractivity contribution in [1.29, 1.82) is 0 Å². The monoisotopic (exact) mass is 367 g/mol. The topological polar surface area (TPSA) is 64.3 Å². The van der Waals surface area contributed by atoms with Crippen molar-refractivity contribution in [2.75, 3.05) is 32.5 Å². The lowest BCUT2D eigenvalue weighted by Gasteiger charge is -2.33. The molecule has 24 heavy (non-hydrogen) atoms. The summed E-state index contributed by atoms with van der Waals surface area (Å²) in [4.78, 5) is 16.7. The summed E-state index contributed by atoms with van der Waals surface area (Å²) >= 11 is 7.51. The number of hydrogen-bond donors (Lipinski definition) is 2. The fourth-order valence-electron chi connectivity index (χ4n) is 2.93. The third-order valence-corrected chi connectivity index (χ3v) is 5.49. The van der Waals surface area contributed by atoms with Gasteiger partial charge in [0.2, 0.25) is 0 Å². The lowest BCUT2D eigenvalue weighted by Crippen LogP contribution is -2.43. The molecule has 1 aliphatic heterocycles. The Hall–Kier alpha value is -1.73. The largest absolute Gasteiger partial charge is 0.364 e. The number of likely N-dealkylation sites (tertiary alicyclic amines) is 1. The predicted molar refractivity (Wildman–Crippen MR) is 97.9 cm³/mol. The molecule has 0 radical (unpaired) electrons. The van der Waals surface area contributed by atoms with Crippen LogP contribution in [0.5, 0.6) is 0 Å². The fourth-order valence-corrected chi connectivity index (χ4v) is 3.95. The van der Waals surface area contributed by atoms with Crippen LogP contribution in [0.1, 0.15) is 29.3 Å². The van der Waals surface area contributed by atoms with Crippen LogP contribution in [0.3, 0.4) is 0 Å². The summed E-state index contributed by atoms with van der Waals surface area (Å²) < 4.78 is 0.800. The van der Waals surface area contributed by atoms with E-state index >= 15 is 0 Å². The van der Waals surface area contributed by atoms with Crippen molar-refractivity contribution in [3.8, 4) is 0 Å². The number of carbonyl (C=O) groups excluding carboxylic acids is 1. The quantitative estimate of drug-likeness (QED) is 0.867. The summed E-state index contributed by atoms with van der Waals surface area (Å²) in [5.74, 6) is 1.27. The Balaban J connectivity index is 1.52. The first-order valence-corrected chi connectivity index (χ1v) is 9.22. The van der Waals surface area contributed by atoms with E-state index in [9.17, 15) is 4.79 Å². The molecule has 0 aromatic carbocycles. The summed E-state index contributed by atoms with van der Waals surface area (Å²) in [5, 5.41) is 10.8. The van der Waals surface area contributed by atoms with Gasteiger partial charge in [-0.2, -0.15) is 5.10 Å². The highest BCUT2D eigenvalue weighted by molar-refractivity contribution is 7.16. The lowest BCUT2D eigenvalue weighted by molar-refractivity contribution is 0.156. The van der Waals surface area contributed by atoms with E-state index in [1.807, 2.05) is 17.0 Å². The normalized spacial score (nSPS) is 15.5. The first kappa shape index (κ1) is 17.1. The number of anilines is 1. The Morgan fingerprint density at radius 1 is 1.46 bits per heavy atom. The van der Waals surface area contributed by atoms with Gasteiger partial charge in [-0.25, -0.2) is 4.79 Å². The number of nitrogens with one attached hydrogen (secondary N) is 2. The molecule has 2 N–H and O–H groups in total. The standard InChI is InChI=1S/C16H22ClN5OS/c1-21(2)16(23)22-7-5-11(6-8-22)13-9-15(20-19-13)18-10-12-3-4-14(17)24-12/h3-4,9,11H,5-8,10H2,1-2H3,(H2,18,19,20). The van der Waals surface area contributed by atoms with Gasteiger partial charge in [0, 0.05) is 49.7 Å². The van der Waals surface area contributed by atoms with E-state index in [-0.39, 0.29) is 6.03 Å². The first-order chi connectivity index (χ1) is 11.5. The SMILES string of the molecule is CN(C)C(=O)N1CCC(c2cc(NCc3ccc(Cl)s3)n[nH]2)CC1. The predicted octanol–water partition coefficient (Wildman–Crippen LogP) is 3.60. The molecule has 8 heteroatoms. The van der Waals surface area contributed by atoms with Crippen molar-refractivity contribution in [3.63, 3.8) is 0 Å². The number of aromatic amines is 1. The van der Waals surface area contributed by atoms with Crippen LogP contribution in [0.4, 0.5) is 10.6 Å². The smallest absolute Gasteiger partial charge is 0.319 e. The second-order valence-corrected chi connectivity index (χ2v) is 8.01. The van der Waals surface area contributed by atoms with Gasteiger partial charge in [-0.1, -0.05) is 11.6 Å². The van der Waals surface area contributed by atoms with Crippen molar-refractivity contribution >= 4 is 34.8 Å². The second kappa shape index (κ2) is 7.44. The number of aromatic nitrogens is 2. The van der Waals surface area contributed by atoms with E-state index in [4.69, 9.17) is 11.6 Å². The minimum atomic E-state index is 0.0926. The molecule has 1 aliphatic rings. The van der Waals surface area contributed by atoms with Crippen LogP contribution in [-0.4, -0.2) is 53.2 Å². The molecule has 1 saturated heterocycles. The number of amides is 2. The van der Waals surface area contributed by atoms with E-state index in [1.165, 1.54) is 4.88 Å². The molecule has 2 amide bonds. The number of H-pyrrole nitrogens is 1. The molecule has 130 valence electrons. The molecular formula is C16H22ClN5OS. The van der Waals surface area contributed by atoms with Crippen molar-refractivity contribution in [3.05, 3.63) is 33.1 Å². The highest BCUT2D eigenvalue weighted by atomic mass is 35.5. The summed E-state index contributed by atoms with van der Waals surface area (Å²) in [7, 11) is 3.59. The van der Waals surface area contributed by atoms with Gasteiger partial charge < -0.3 is 15.1 Å². The Morgan fingerprint density at radius 3 is 2.83 bits per heavy atom. The Bertz CT molecular complexity index is 690. The maximum atomic E-state index is 12.0. The third kappa shape index (κ3) is 4.02. The third-order valence-electron chi connectivity index (χ3n) is 4.26. The van der Waals surface area contributed by atoms with Gasteiger partial charge in [-0.15, -0.1) is 11.3 Å². The molecule has 0 saturated carbocycles. The number of urea groups is 1. The van der Waals surface area contributed by atoms with Crippen LogP contribution in [0.2, 0.25) is 4.34 Å². The molecule has 6 nitrogen and oxygen atoms in total. The van der Waals surface area contributed by atoms with E-state index < -0.39 is 0 Å². The molecule has 3 heterocycles. The zero-order chi connectivity index (χ0) is 17.1. The zero-order valence-corrected chi connectivity index (χ0v) is 15.5. The molecule has 2 aromatic heterocycles. The molecular weight excluding hydrogens is 346 g/mol. The molecule has 2 aromatic rings. The van der Waals surface area contributed by atoms with Crippen LogP contribution in [0.25, 0.3) is 0 Å². The lowest BCUT2D eigenvalue weighted by atomic mass is 9.94. The molecule has 0 unspecified atom stereocenters. The minimum Gasteiger partial charge on any atom is -0.364 e. The van der Waals surface area contributed by atoms with Crippen molar-refractivity contribution in [1.82, 2.24) is 20.0 Å². The number of hydrogen-bond acceptors (Lipinski definition) is 4. The van der Waals surface area contributed by atoms with Crippen LogP contribution < -0.4 is 5.32 Å². The van der Waals surface area contributed by atoms with Crippen molar-refractivity contribution in [2.24, 2.45) is 0 Å². The molecule has 1 fully saturated rings. The van der Waals surface area contributed by atoms with Crippen LogP contribution in [0, 0.1) is 0 Å². The van der Waals surface area contributed by atoms with E-state index in [0.29, 0.717) is 5.92 Å². The van der Waals surface area contributed by atoms with Crippen LogP contribution in [-0.2, 0) is 6.54 Å². The molecule has 3 rings (SSSR count). The summed E-state index contributed by atoms with van der Waals surface area (Å²) in [6, 6.07) is 6.09. The van der Waals surface area contributed by atoms with Gasteiger partial charge >= 0.3 is 6.03 Å². The highest BCUT2D eigenvalue weighted by Gasteiger charge is 2.25. The van der Waals surface area contributed by atoms with E-state index in [2.05, 4.69) is 21.6 Å². The maximum absolute atomic E-state index is 12.0. The van der Waals surface area contributed by atoms with Gasteiger partial charge in [-0.05, 0) is 25.0 Å². The minimum absolute atomic E-state index is 0.0926. The molecule has 0 bridgehead atoms. The van der Waals surface area contributed by atoms with Gasteiger partial charge in [-0.3, -0.25) is 5.10 Å². The number of halogens is 1. The van der Waals surface area contributed by atoms with E-state index in [0.717, 1.165) is 48.3 Å². The van der Waals surface area contributed by atoms with Gasteiger partial charge in [0.05, 0.1) is 10.9 Å². The molecule has 0 atom stereocenters. The number of rotatable bonds is 4. The summed E-state index contributed by atoms with van der Waals surface area (Å²) in [5.41, 5.74) is 1.14. The van der Waals surface area contributed by atoms with Gasteiger partial charge in [0.1, 0.15) is 5.82 Å². The number of thiophene rings is 1. The molecule has 0 spiro atoms. The number of nitrogens with zero attached hydrogens (tertiary/aromatic N) is 3. The van der Waals surface area contributed by atoms with E-state index in [1.54, 1.807) is 30.3 Å². The average Bonchev–Trinajstić information content (AvgIpc) is 3.21. The molecule has 0 aliphatic carbocycles. The fraction of sp³-hybridized carbons (Fsp3) is 0.500. The first-order valence-electron chi connectivity index (χ1n) is 8.02. The number of piperidine rings is 1. The van der Waals surface area contributed by atoms with Crippen molar-refractivity contribution < 1.29 is 4.79 Å². The van der Waals surface area contributed by atoms with Crippen LogP contribution in [0.15, 0.2) is 18.2 Å². The summed E-state index contributed by atoms with van der Waals surface area (Å²) in [6.07, 6.45) is 1.92. The van der Waals surface area contributed by atoms with Crippen molar-refractivity contribution in [2.45, 2.75) is 25.3 Å². The maximum Gasteiger partial charge on any atom is 0.319 e. The van der Waals surface area contributed by atoms with Gasteiger partial charge in [0.15, 0.2) is 0 Å². The zero-order valence-electron chi connectivity index (χ0n) is 13.9.